The smallest absolute Gasteiger partial charge is 0.254 e. The molecule has 120 valence electrons. The maximum absolute atomic E-state index is 12.7. The molecule has 9 heteroatoms. The van der Waals surface area contributed by atoms with Crippen molar-refractivity contribution in [2.24, 2.45) is 0 Å². The predicted molar refractivity (Wildman–Crippen MR) is 78.2 cm³/mol. The minimum absolute atomic E-state index is 0.140. The van der Waals surface area contributed by atoms with Crippen molar-refractivity contribution in [3.8, 4) is 11.5 Å². The third kappa shape index (κ3) is 2.96. The molecule has 0 spiro atoms. The highest BCUT2D eigenvalue weighted by Gasteiger charge is 2.31. The number of hydrogen-bond acceptors (Lipinski definition) is 4. The molecule has 0 amide bonds. The number of hydrogen-bond donors (Lipinski definition) is 0. The molecule has 0 saturated carbocycles. The van der Waals surface area contributed by atoms with Crippen molar-refractivity contribution in [2.75, 3.05) is 5.75 Å². The quantitative estimate of drug-likeness (QED) is 0.735. The first-order chi connectivity index (χ1) is 10.9. The van der Waals surface area contributed by atoms with E-state index in [2.05, 4.69) is 15.1 Å². The molecule has 3 aromatic rings. The van der Waals surface area contributed by atoms with Crippen molar-refractivity contribution in [1.82, 2.24) is 19.6 Å². The molecule has 1 atom stereocenters. The summed E-state index contributed by atoms with van der Waals surface area (Å²) in [6, 6.07) is 5.47. The Kier molecular flexibility index (Phi) is 3.88. The van der Waals surface area contributed by atoms with Crippen LogP contribution in [0.1, 0.15) is 12.5 Å². The maximum atomic E-state index is 12.7. The summed E-state index contributed by atoms with van der Waals surface area (Å²) in [5.41, 5.74) is -0.253. The lowest BCUT2D eigenvalue weighted by Gasteiger charge is -2.05. The number of halogens is 3. The van der Waals surface area contributed by atoms with Crippen molar-refractivity contribution >= 4 is 16.4 Å². The van der Waals surface area contributed by atoms with Crippen LogP contribution in [-0.4, -0.2) is 29.5 Å². The van der Waals surface area contributed by atoms with Crippen LogP contribution in [0.4, 0.5) is 13.2 Å². The Morgan fingerprint density at radius 3 is 2.74 bits per heavy atom. The SMILES string of the molecule is CCS(=O)c1cccnc1-c1nc2ccc(C(F)(F)F)cn2n1. The van der Waals surface area contributed by atoms with Crippen LogP contribution in [-0.2, 0) is 17.0 Å². The lowest BCUT2D eigenvalue weighted by molar-refractivity contribution is -0.137. The monoisotopic (exact) mass is 340 g/mol. The number of aromatic nitrogens is 4. The van der Waals surface area contributed by atoms with Gasteiger partial charge in [-0.25, -0.2) is 9.50 Å². The number of rotatable bonds is 3. The van der Waals surface area contributed by atoms with Gasteiger partial charge >= 0.3 is 6.18 Å². The Balaban J connectivity index is 2.13. The van der Waals surface area contributed by atoms with E-state index in [4.69, 9.17) is 0 Å². The molecule has 0 saturated heterocycles. The maximum Gasteiger partial charge on any atom is 0.417 e. The molecule has 3 rings (SSSR count). The molecule has 0 N–H and O–H groups in total. The molecule has 0 bridgehead atoms. The minimum atomic E-state index is -4.46. The lowest BCUT2D eigenvalue weighted by atomic mass is 10.3. The van der Waals surface area contributed by atoms with Gasteiger partial charge in [0.25, 0.3) is 0 Å². The molecule has 3 aromatic heterocycles. The fourth-order valence-electron chi connectivity index (χ4n) is 2.05. The van der Waals surface area contributed by atoms with Gasteiger partial charge < -0.3 is 0 Å². The van der Waals surface area contributed by atoms with Crippen LogP contribution in [0, 0.1) is 0 Å². The van der Waals surface area contributed by atoms with Gasteiger partial charge in [-0.05, 0) is 24.3 Å². The second-order valence-electron chi connectivity index (χ2n) is 4.64. The van der Waals surface area contributed by atoms with E-state index in [1.807, 2.05) is 0 Å². The third-order valence-electron chi connectivity index (χ3n) is 3.15. The van der Waals surface area contributed by atoms with Gasteiger partial charge in [0.1, 0.15) is 5.69 Å². The fraction of sp³-hybridized carbons (Fsp3) is 0.214. The zero-order valence-corrected chi connectivity index (χ0v) is 12.7. The molecule has 0 radical (unpaired) electrons. The Labute approximate surface area is 131 Å². The van der Waals surface area contributed by atoms with Crippen molar-refractivity contribution in [3.63, 3.8) is 0 Å². The summed E-state index contributed by atoms with van der Waals surface area (Å²) in [6.07, 6.45) is -2.09. The summed E-state index contributed by atoms with van der Waals surface area (Å²) in [5.74, 6) is 0.534. The Morgan fingerprint density at radius 2 is 2.04 bits per heavy atom. The van der Waals surface area contributed by atoms with E-state index in [0.29, 0.717) is 16.3 Å². The van der Waals surface area contributed by atoms with E-state index >= 15 is 0 Å². The van der Waals surface area contributed by atoms with Gasteiger partial charge in [-0.15, -0.1) is 5.10 Å². The van der Waals surface area contributed by atoms with Gasteiger partial charge in [0, 0.05) is 18.1 Å². The van der Waals surface area contributed by atoms with E-state index < -0.39 is 22.5 Å². The number of nitrogens with zero attached hydrogens (tertiary/aromatic N) is 4. The number of pyridine rings is 2. The summed E-state index contributed by atoms with van der Waals surface area (Å²) in [7, 11) is -1.27. The van der Waals surface area contributed by atoms with E-state index in [-0.39, 0.29) is 11.5 Å². The second kappa shape index (κ2) is 5.73. The molecule has 5 nitrogen and oxygen atoms in total. The summed E-state index contributed by atoms with van der Waals surface area (Å²) in [6.45, 7) is 1.76. The highest BCUT2D eigenvalue weighted by molar-refractivity contribution is 7.85. The van der Waals surface area contributed by atoms with Crippen LogP contribution < -0.4 is 0 Å². The zero-order chi connectivity index (χ0) is 16.6. The highest BCUT2D eigenvalue weighted by atomic mass is 32.2. The number of fused-ring (bicyclic) bond motifs is 1. The van der Waals surface area contributed by atoms with Crippen LogP contribution in [0.5, 0.6) is 0 Å². The third-order valence-corrected chi connectivity index (χ3v) is 4.49. The first-order valence-electron chi connectivity index (χ1n) is 6.67. The van der Waals surface area contributed by atoms with Crippen molar-refractivity contribution < 1.29 is 17.4 Å². The average molecular weight is 340 g/mol. The second-order valence-corrected chi connectivity index (χ2v) is 6.35. The molecular formula is C14H11F3N4OS. The van der Waals surface area contributed by atoms with Crippen LogP contribution in [0.2, 0.25) is 0 Å². The van der Waals surface area contributed by atoms with Gasteiger partial charge in [0.2, 0.25) is 5.82 Å². The van der Waals surface area contributed by atoms with Crippen LogP contribution in [0.25, 0.3) is 17.2 Å². The van der Waals surface area contributed by atoms with E-state index in [0.717, 1.165) is 16.8 Å². The van der Waals surface area contributed by atoms with Crippen LogP contribution in [0.3, 0.4) is 0 Å². The summed E-state index contributed by atoms with van der Waals surface area (Å²) in [4.78, 5) is 8.76. The molecule has 3 heterocycles. The summed E-state index contributed by atoms with van der Waals surface area (Å²) >= 11 is 0. The highest BCUT2D eigenvalue weighted by Crippen LogP contribution is 2.29. The van der Waals surface area contributed by atoms with Crippen LogP contribution in [0.15, 0.2) is 41.6 Å². The predicted octanol–water partition coefficient (Wildman–Crippen LogP) is 2.94. The van der Waals surface area contributed by atoms with Crippen molar-refractivity contribution in [1.29, 1.82) is 0 Å². The molecule has 0 aliphatic heterocycles. The first-order valence-corrected chi connectivity index (χ1v) is 7.99. The Hall–Kier alpha value is -2.29. The normalized spacial score (nSPS) is 13.4. The van der Waals surface area contributed by atoms with E-state index in [1.54, 1.807) is 19.1 Å². The van der Waals surface area contributed by atoms with E-state index in [1.165, 1.54) is 12.3 Å². The van der Waals surface area contributed by atoms with Gasteiger partial charge in [0.15, 0.2) is 5.65 Å². The first kappa shape index (κ1) is 15.6. The Bertz CT molecular complexity index is 891. The van der Waals surface area contributed by atoms with Gasteiger partial charge in [0.05, 0.1) is 21.3 Å². The minimum Gasteiger partial charge on any atom is -0.254 e. The molecule has 0 aliphatic carbocycles. The van der Waals surface area contributed by atoms with Gasteiger partial charge in [-0.1, -0.05) is 6.92 Å². The van der Waals surface area contributed by atoms with Gasteiger partial charge in [-0.2, -0.15) is 13.2 Å². The molecule has 23 heavy (non-hydrogen) atoms. The van der Waals surface area contributed by atoms with Crippen molar-refractivity contribution in [3.05, 3.63) is 42.2 Å². The standard InChI is InChI=1S/C14H11F3N4OS/c1-2-23(22)10-4-3-7-18-12(10)13-19-11-6-5-9(14(15,16)17)8-21(11)20-13/h3-8H,2H2,1H3. The summed E-state index contributed by atoms with van der Waals surface area (Å²) < 4.78 is 51.4. The average Bonchev–Trinajstić information content (AvgIpc) is 2.96. The van der Waals surface area contributed by atoms with Crippen LogP contribution >= 0.6 is 0 Å². The Morgan fingerprint density at radius 1 is 1.26 bits per heavy atom. The fourth-order valence-corrected chi connectivity index (χ4v) is 2.95. The van der Waals surface area contributed by atoms with Crippen molar-refractivity contribution in [2.45, 2.75) is 18.0 Å². The molecule has 1 unspecified atom stereocenters. The molecule has 0 aromatic carbocycles. The number of alkyl halides is 3. The zero-order valence-electron chi connectivity index (χ0n) is 11.9. The molecule has 0 fully saturated rings. The molecular weight excluding hydrogens is 329 g/mol. The summed E-state index contributed by atoms with van der Waals surface area (Å²) in [5, 5.41) is 4.04. The lowest BCUT2D eigenvalue weighted by Crippen LogP contribution is -2.06. The topological polar surface area (TPSA) is 60.2 Å². The van der Waals surface area contributed by atoms with E-state index in [9.17, 15) is 17.4 Å². The largest absolute Gasteiger partial charge is 0.417 e. The molecule has 0 aliphatic rings. The van der Waals surface area contributed by atoms with Gasteiger partial charge in [-0.3, -0.25) is 9.19 Å².